The summed E-state index contributed by atoms with van der Waals surface area (Å²) in [5.74, 6) is 1.03. The summed E-state index contributed by atoms with van der Waals surface area (Å²) in [5, 5.41) is 16.4. The van der Waals surface area contributed by atoms with Crippen LogP contribution in [0, 0.1) is 0 Å². The number of furan rings is 1. The summed E-state index contributed by atoms with van der Waals surface area (Å²) in [6.45, 7) is 0. The first-order valence-corrected chi connectivity index (χ1v) is 11.0. The Morgan fingerprint density at radius 2 is 2.20 bits per heavy atom. The van der Waals surface area contributed by atoms with E-state index in [4.69, 9.17) is 8.83 Å². The predicted octanol–water partition coefficient (Wildman–Crippen LogP) is 4.26. The molecule has 5 rings (SSSR count). The first-order chi connectivity index (χ1) is 14.8. The van der Waals surface area contributed by atoms with Crippen LogP contribution in [0.4, 0.5) is 0 Å². The maximum absolute atomic E-state index is 13.0. The molecule has 1 amide bonds. The smallest absolute Gasteiger partial charge is 0.277 e. The van der Waals surface area contributed by atoms with Gasteiger partial charge in [-0.15, -0.1) is 21.5 Å². The molecule has 0 aliphatic carbocycles. The number of aromatic nitrogens is 3. The van der Waals surface area contributed by atoms with E-state index in [0.29, 0.717) is 23.3 Å². The standard InChI is InChI=1S/C20H15N5O3S2/c26-18(12-30-20-23-22-19(28-20)13-4-1-7-21-11-13)25-15(16-5-2-8-27-16)10-14(24-25)17-6-3-9-29-17/h1-9,11,15H,10,12H2/t15-/m1/s1. The van der Waals surface area contributed by atoms with Crippen molar-refractivity contribution in [2.75, 3.05) is 5.75 Å². The Hall–Kier alpha value is -3.24. The van der Waals surface area contributed by atoms with Crippen LogP contribution in [0.5, 0.6) is 0 Å². The van der Waals surface area contributed by atoms with Gasteiger partial charge >= 0.3 is 0 Å². The van der Waals surface area contributed by atoms with Crippen molar-refractivity contribution in [1.29, 1.82) is 0 Å². The molecule has 150 valence electrons. The van der Waals surface area contributed by atoms with Crippen LogP contribution in [-0.4, -0.2) is 37.6 Å². The molecule has 4 aromatic rings. The summed E-state index contributed by atoms with van der Waals surface area (Å²) in [5.41, 5.74) is 1.60. The van der Waals surface area contributed by atoms with E-state index in [9.17, 15) is 4.79 Å². The minimum Gasteiger partial charge on any atom is -0.467 e. The normalized spacial score (nSPS) is 16.1. The largest absolute Gasteiger partial charge is 0.467 e. The molecule has 0 bridgehead atoms. The molecule has 0 radical (unpaired) electrons. The number of hydrogen-bond donors (Lipinski definition) is 0. The van der Waals surface area contributed by atoms with Crippen molar-refractivity contribution in [2.24, 2.45) is 5.10 Å². The fraction of sp³-hybridized carbons (Fsp3) is 0.150. The predicted molar refractivity (Wildman–Crippen MR) is 112 cm³/mol. The Bertz CT molecular complexity index is 1160. The SMILES string of the molecule is O=C(CSc1nnc(-c2cccnc2)o1)N1N=C(c2cccs2)C[C@@H]1c1ccco1. The second-order valence-corrected chi connectivity index (χ2v) is 8.28. The summed E-state index contributed by atoms with van der Waals surface area (Å²) in [6, 6.07) is 11.0. The molecule has 10 heteroatoms. The zero-order chi connectivity index (χ0) is 20.3. The van der Waals surface area contributed by atoms with Gasteiger partial charge < -0.3 is 8.83 Å². The van der Waals surface area contributed by atoms with Gasteiger partial charge in [0.05, 0.1) is 28.2 Å². The van der Waals surface area contributed by atoms with Crippen LogP contribution in [0.1, 0.15) is 23.1 Å². The summed E-state index contributed by atoms with van der Waals surface area (Å²) in [7, 11) is 0. The lowest BCUT2D eigenvalue weighted by atomic mass is 10.1. The number of carbonyl (C=O) groups is 1. The average molecular weight is 438 g/mol. The van der Waals surface area contributed by atoms with Gasteiger partial charge in [-0.05, 0) is 35.7 Å². The van der Waals surface area contributed by atoms with Crippen LogP contribution in [0.15, 0.2) is 79.6 Å². The van der Waals surface area contributed by atoms with E-state index in [-0.39, 0.29) is 17.7 Å². The van der Waals surface area contributed by atoms with Gasteiger partial charge in [0.15, 0.2) is 0 Å². The van der Waals surface area contributed by atoms with Gasteiger partial charge in [-0.1, -0.05) is 17.8 Å². The molecule has 0 unspecified atom stereocenters. The van der Waals surface area contributed by atoms with Crippen molar-refractivity contribution >= 4 is 34.7 Å². The van der Waals surface area contributed by atoms with E-state index in [1.54, 1.807) is 36.1 Å². The molecule has 0 fully saturated rings. The molecule has 30 heavy (non-hydrogen) atoms. The number of thioether (sulfide) groups is 1. The molecule has 0 N–H and O–H groups in total. The first kappa shape index (κ1) is 18.8. The maximum Gasteiger partial charge on any atom is 0.277 e. The van der Waals surface area contributed by atoms with Crippen molar-refractivity contribution in [3.8, 4) is 11.5 Å². The van der Waals surface area contributed by atoms with Crippen molar-refractivity contribution in [2.45, 2.75) is 17.7 Å². The third-order valence-electron chi connectivity index (χ3n) is 4.48. The maximum atomic E-state index is 13.0. The molecule has 1 aliphatic rings. The molecule has 5 heterocycles. The third kappa shape index (κ3) is 3.79. The minimum absolute atomic E-state index is 0.118. The van der Waals surface area contributed by atoms with Gasteiger partial charge in [0.25, 0.3) is 11.1 Å². The number of thiophene rings is 1. The van der Waals surface area contributed by atoms with Crippen molar-refractivity contribution in [1.82, 2.24) is 20.2 Å². The Labute approximate surface area is 179 Å². The van der Waals surface area contributed by atoms with Gasteiger partial charge in [-0.25, -0.2) is 5.01 Å². The Kier molecular flexibility index (Phi) is 5.16. The number of rotatable bonds is 6. The number of hydrazone groups is 1. The molecule has 1 aliphatic heterocycles. The number of pyridine rings is 1. The van der Waals surface area contributed by atoms with Crippen LogP contribution in [0.2, 0.25) is 0 Å². The first-order valence-electron chi connectivity index (χ1n) is 9.11. The molecule has 0 aromatic carbocycles. The van der Waals surface area contributed by atoms with Gasteiger partial charge in [0.2, 0.25) is 5.89 Å². The third-order valence-corrected chi connectivity index (χ3v) is 6.20. The van der Waals surface area contributed by atoms with Gasteiger partial charge in [0.1, 0.15) is 11.8 Å². The van der Waals surface area contributed by atoms with Crippen molar-refractivity contribution in [3.63, 3.8) is 0 Å². The molecule has 4 aromatic heterocycles. The monoisotopic (exact) mass is 437 g/mol. The van der Waals surface area contributed by atoms with Crippen molar-refractivity contribution in [3.05, 3.63) is 71.1 Å². The molecular formula is C20H15N5O3S2. The van der Waals surface area contributed by atoms with E-state index in [1.165, 1.54) is 16.8 Å². The van der Waals surface area contributed by atoms with E-state index in [0.717, 1.165) is 16.2 Å². The highest BCUT2D eigenvalue weighted by atomic mass is 32.2. The second kappa shape index (κ2) is 8.25. The summed E-state index contributed by atoms with van der Waals surface area (Å²) in [4.78, 5) is 18.1. The Balaban J connectivity index is 1.31. The van der Waals surface area contributed by atoms with Crippen molar-refractivity contribution < 1.29 is 13.6 Å². The van der Waals surface area contributed by atoms with Crippen LogP contribution in [0.3, 0.4) is 0 Å². The zero-order valence-corrected chi connectivity index (χ0v) is 17.2. The van der Waals surface area contributed by atoms with E-state index < -0.39 is 0 Å². The zero-order valence-electron chi connectivity index (χ0n) is 15.5. The highest BCUT2D eigenvalue weighted by molar-refractivity contribution is 7.99. The van der Waals surface area contributed by atoms with E-state index >= 15 is 0 Å². The fourth-order valence-electron chi connectivity index (χ4n) is 3.10. The number of hydrogen-bond acceptors (Lipinski definition) is 9. The van der Waals surface area contributed by atoms with Crippen LogP contribution < -0.4 is 0 Å². The molecule has 0 spiro atoms. The lowest BCUT2D eigenvalue weighted by Gasteiger charge is -2.19. The summed E-state index contributed by atoms with van der Waals surface area (Å²) < 4.78 is 11.2. The van der Waals surface area contributed by atoms with Crippen LogP contribution >= 0.6 is 23.1 Å². The van der Waals surface area contributed by atoms with Gasteiger partial charge in [-0.3, -0.25) is 9.78 Å². The van der Waals surface area contributed by atoms with E-state index in [1.807, 2.05) is 35.7 Å². The molecular weight excluding hydrogens is 422 g/mol. The highest BCUT2D eigenvalue weighted by Gasteiger charge is 2.35. The fourth-order valence-corrected chi connectivity index (χ4v) is 4.43. The lowest BCUT2D eigenvalue weighted by Crippen LogP contribution is -2.28. The summed E-state index contributed by atoms with van der Waals surface area (Å²) >= 11 is 2.78. The number of carbonyl (C=O) groups excluding carboxylic acids is 1. The van der Waals surface area contributed by atoms with Gasteiger partial charge in [0, 0.05) is 18.8 Å². The molecule has 1 atom stereocenters. The molecule has 8 nitrogen and oxygen atoms in total. The Morgan fingerprint density at radius 3 is 2.97 bits per heavy atom. The van der Waals surface area contributed by atoms with E-state index in [2.05, 4.69) is 20.3 Å². The molecule has 0 saturated carbocycles. The van der Waals surface area contributed by atoms with Crippen LogP contribution in [0.25, 0.3) is 11.5 Å². The summed E-state index contributed by atoms with van der Waals surface area (Å²) in [6.07, 6.45) is 5.53. The Morgan fingerprint density at radius 1 is 1.23 bits per heavy atom. The van der Waals surface area contributed by atoms with Gasteiger partial charge in [-0.2, -0.15) is 5.10 Å². The minimum atomic E-state index is -0.265. The average Bonchev–Trinajstić information content (AvgIpc) is 3.57. The number of nitrogens with zero attached hydrogens (tertiary/aromatic N) is 5. The second-order valence-electron chi connectivity index (χ2n) is 6.40. The molecule has 0 saturated heterocycles. The number of amides is 1. The quantitative estimate of drug-likeness (QED) is 0.416. The topological polar surface area (TPSA) is 97.6 Å². The highest BCUT2D eigenvalue weighted by Crippen LogP contribution is 2.35. The van der Waals surface area contributed by atoms with Crippen LogP contribution in [-0.2, 0) is 4.79 Å². The lowest BCUT2D eigenvalue weighted by molar-refractivity contribution is -0.130.